The predicted molar refractivity (Wildman–Crippen MR) is 91.3 cm³/mol. The molecule has 3 heterocycles. The fourth-order valence-corrected chi connectivity index (χ4v) is 3.08. The fourth-order valence-electron chi connectivity index (χ4n) is 3.08. The number of aromatic nitrogens is 1. The quantitative estimate of drug-likeness (QED) is 0.726. The van der Waals surface area contributed by atoms with Crippen LogP contribution in [0.5, 0.6) is 11.5 Å². The van der Waals surface area contributed by atoms with Gasteiger partial charge in [-0.1, -0.05) is 24.3 Å². The van der Waals surface area contributed by atoms with Crippen LogP contribution < -0.4 is 15.2 Å². The SMILES string of the molecule is O=C1c2c(O)c(=O)ccn2N2Cc3ccccc3OC/C=C\CN1C2. The Morgan fingerprint density at radius 2 is 1.92 bits per heavy atom. The lowest BCUT2D eigenvalue weighted by molar-refractivity contribution is 0.0706. The van der Waals surface area contributed by atoms with E-state index in [0.29, 0.717) is 26.4 Å². The van der Waals surface area contributed by atoms with Gasteiger partial charge in [0.15, 0.2) is 11.4 Å². The van der Waals surface area contributed by atoms with Gasteiger partial charge in [0, 0.05) is 24.4 Å². The summed E-state index contributed by atoms with van der Waals surface area (Å²) in [7, 11) is 0. The number of carbonyl (C=O) groups excluding carboxylic acids is 1. The number of nitrogens with zero attached hydrogens (tertiary/aromatic N) is 3. The molecule has 0 atom stereocenters. The lowest BCUT2D eigenvalue weighted by atomic mass is 10.2. The molecule has 1 aromatic heterocycles. The number of rotatable bonds is 0. The highest BCUT2D eigenvalue weighted by molar-refractivity contribution is 5.96. The zero-order valence-corrected chi connectivity index (χ0v) is 13.5. The third kappa shape index (κ3) is 2.63. The number of para-hydroxylation sites is 1. The largest absolute Gasteiger partial charge is 0.502 e. The maximum atomic E-state index is 12.7. The van der Waals surface area contributed by atoms with E-state index in [9.17, 15) is 14.7 Å². The van der Waals surface area contributed by atoms with Crippen LogP contribution in [-0.2, 0) is 6.54 Å². The summed E-state index contributed by atoms with van der Waals surface area (Å²) in [6.45, 7) is 1.59. The van der Waals surface area contributed by atoms with Crippen molar-refractivity contribution in [2.24, 2.45) is 0 Å². The lowest BCUT2D eigenvalue weighted by Gasteiger charge is -2.39. The maximum Gasteiger partial charge on any atom is 0.278 e. The molecule has 0 fully saturated rings. The molecule has 1 N–H and O–H groups in total. The molecule has 2 aromatic rings. The first kappa shape index (κ1) is 15.3. The molecular weight excluding hydrogens is 322 g/mol. The number of pyridine rings is 1. The van der Waals surface area contributed by atoms with E-state index in [1.165, 1.54) is 12.3 Å². The molecule has 1 aromatic carbocycles. The van der Waals surface area contributed by atoms with Crippen LogP contribution in [0.3, 0.4) is 0 Å². The molecule has 4 rings (SSSR count). The molecular formula is C18H17N3O4. The predicted octanol–water partition coefficient (Wildman–Crippen LogP) is 1.05. The lowest BCUT2D eigenvalue weighted by Crippen LogP contribution is -2.53. The van der Waals surface area contributed by atoms with Gasteiger partial charge in [0.05, 0.1) is 6.54 Å². The Labute approximate surface area is 143 Å². The van der Waals surface area contributed by atoms with E-state index in [1.54, 1.807) is 9.58 Å². The average Bonchev–Trinajstić information content (AvgIpc) is 2.65. The number of ether oxygens (including phenoxy) is 1. The number of carbonyl (C=O) groups is 1. The van der Waals surface area contributed by atoms with Crippen LogP contribution in [0.2, 0.25) is 0 Å². The van der Waals surface area contributed by atoms with Gasteiger partial charge in [-0.3, -0.25) is 19.3 Å². The summed E-state index contributed by atoms with van der Waals surface area (Å²) in [6.07, 6.45) is 5.22. The normalized spacial score (nSPS) is 17.8. The second-order valence-corrected chi connectivity index (χ2v) is 5.95. The molecule has 0 spiro atoms. The minimum Gasteiger partial charge on any atom is -0.502 e. The zero-order chi connectivity index (χ0) is 17.4. The first-order chi connectivity index (χ1) is 12.1. The highest BCUT2D eigenvalue weighted by atomic mass is 16.5. The van der Waals surface area contributed by atoms with Gasteiger partial charge in [0.2, 0.25) is 5.43 Å². The van der Waals surface area contributed by atoms with Gasteiger partial charge in [0.25, 0.3) is 5.91 Å². The summed E-state index contributed by atoms with van der Waals surface area (Å²) in [5.74, 6) is -0.126. The number of hydrogen-bond acceptors (Lipinski definition) is 5. The standard InChI is InChI=1S/C18H17N3O4/c22-14-7-9-21-16(17(14)23)18(24)19-8-3-4-10-25-15-6-2-1-5-13(15)11-20(21)12-19/h1-7,9,23H,8,10-12H2/b4-3-. The Morgan fingerprint density at radius 3 is 2.80 bits per heavy atom. The van der Waals surface area contributed by atoms with E-state index in [4.69, 9.17) is 4.74 Å². The summed E-state index contributed by atoms with van der Waals surface area (Å²) in [5.41, 5.74) is 0.381. The van der Waals surface area contributed by atoms with Crippen molar-refractivity contribution < 1.29 is 14.6 Å². The van der Waals surface area contributed by atoms with Crippen molar-refractivity contribution >= 4 is 5.91 Å². The number of benzene rings is 1. The van der Waals surface area contributed by atoms with Crippen molar-refractivity contribution in [3.63, 3.8) is 0 Å². The Balaban J connectivity index is 1.86. The first-order valence-electron chi connectivity index (χ1n) is 8.00. The van der Waals surface area contributed by atoms with Crippen LogP contribution in [0.4, 0.5) is 0 Å². The van der Waals surface area contributed by atoms with Gasteiger partial charge in [-0.15, -0.1) is 0 Å². The second-order valence-electron chi connectivity index (χ2n) is 5.95. The van der Waals surface area contributed by atoms with Gasteiger partial charge in [-0.2, -0.15) is 0 Å². The number of fused-ring (bicyclic) bond motifs is 5. The molecule has 2 aliphatic rings. The van der Waals surface area contributed by atoms with E-state index in [2.05, 4.69) is 0 Å². The summed E-state index contributed by atoms with van der Waals surface area (Å²) >= 11 is 0. The number of hydrogen-bond donors (Lipinski definition) is 1. The van der Waals surface area contributed by atoms with E-state index in [1.807, 2.05) is 41.4 Å². The van der Waals surface area contributed by atoms with Crippen molar-refractivity contribution in [1.82, 2.24) is 9.58 Å². The molecule has 0 aliphatic carbocycles. The molecule has 0 radical (unpaired) electrons. The van der Waals surface area contributed by atoms with E-state index >= 15 is 0 Å². The molecule has 7 nitrogen and oxygen atoms in total. The Kier molecular flexibility index (Phi) is 3.68. The van der Waals surface area contributed by atoms with E-state index < -0.39 is 11.2 Å². The van der Waals surface area contributed by atoms with Gasteiger partial charge < -0.3 is 14.7 Å². The summed E-state index contributed by atoms with van der Waals surface area (Å²) in [6, 6.07) is 8.95. The summed E-state index contributed by atoms with van der Waals surface area (Å²) in [5, 5.41) is 12.0. The molecule has 0 saturated heterocycles. The highest BCUT2D eigenvalue weighted by Crippen LogP contribution is 2.25. The molecule has 25 heavy (non-hydrogen) atoms. The maximum absolute atomic E-state index is 12.7. The molecule has 0 unspecified atom stereocenters. The zero-order valence-electron chi connectivity index (χ0n) is 13.5. The van der Waals surface area contributed by atoms with Crippen molar-refractivity contribution in [3.8, 4) is 11.5 Å². The Hall–Kier alpha value is -3.22. The third-order valence-corrected chi connectivity index (χ3v) is 4.34. The monoisotopic (exact) mass is 339 g/mol. The molecule has 7 heteroatoms. The molecule has 2 bridgehead atoms. The fraction of sp³-hybridized carbons (Fsp3) is 0.222. The van der Waals surface area contributed by atoms with E-state index in [-0.39, 0.29) is 11.6 Å². The summed E-state index contributed by atoms with van der Waals surface area (Å²) in [4.78, 5) is 26.1. The minimum absolute atomic E-state index is 0.00945. The first-order valence-corrected chi connectivity index (χ1v) is 8.00. The van der Waals surface area contributed by atoms with Crippen molar-refractivity contribution in [2.75, 3.05) is 24.8 Å². The van der Waals surface area contributed by atoms with Crippen LogP contribution in [0.1, 0.15) is 16.1 Å². The van der Waals surface area contributed by atoms with Crippen LogP contribution >= 0.6 is 0 Å². The topological polar surface area (TPSA) is 75.0 Å². The highest BCUT2D eigenvalue weighted by Gasteiger charge is 2.32. The Bertz CT molecular complexity index is 919. The van der Waals surface area contributed by atoms with Gasteiger partial charge in [0.1, 0.15) is 19.0 Å². The minimum atomic E-state index is -0.565. The molecule has 128 valence electrons. The molecule has 2 aliphatic heterocycles. The number of aromatic hydroxyl groups is 1. The molecule has 1 amide bonds. The third-order valence-electron chi connectivity index (χ3n) is 4.34. The number of amides is 1. The van der Waals surface area contributed by atoms with Gasteiger partial charge >= 0.3 is 0 Å². The van der Waals surface area contributed by atoms with Crippen molar-refractivity contribution in [2.45, 2.75) is 6.54 Å². The Morgan fingerprint density at radius 1 is 1.08 bits per heavy atom. The second kappa shape index (κ2) is 6.01. The van der Waals surface area contributed by atoms with Crippen LogP contribution in [-0.4, -0.2) is 40.4 Å². The van der Waals surface area contributed by atoms with Crippen LogP contribution in [0, 0.1) is 0 Å². The van der Waals surface area contributed by atoms with Crippen LogP contribution in [0.25, 0.3) is 0 Å². The van der Waals surface area contributed by atoms with Crippen LogP contribution in [0.15, 0.2) is 53.5 Å². The summed E-state index contributed by atoms with van der Waals surface area (Å²) < 4.78 is 7.35. The smallest absolute Gasteiger partial charge is 0.278 e. The van der Waals surface area contributed by atoms with Gasteiger partial charge in [-0.05, 0) is 12.1 Å². The van der Waals surface area contributed by atoms with Crippen molar-refractivity contribution in [1.29, 1.82) is 0 Å². The van der Waals surface area contributed by atoms with Crippen molar-refractivity contribution in [3.05, 3.63) is 70.2 Å². The molecule has 0 saturated carbocycles. The van der Waals surface area contributed by atoms with E-state index in [0.717, 1.165) is 11.3 Å². The van der Waals surface area contributed by atoms with Gasteiger partial charge in [-0.25, -0.2) is 0 Å². The average molecular weight is 339 g/mol.